The molecule has 0 bridgehead atoms. The van der Waals surface area contributed by atoms with Crippen LogP contribution >= 0.6 is 0 Å². The molecule has 45 heavy (non-hydrogen) atoms. The number of dihydropyridines is 1. The summed E-state index contributed by atoms with van der Waals surface area (Å²) < 4.78 is 5.93. The lowest BCUT2D eigenvalue weighted by molar-refractivity contribution is -0.126. The summed E-state index contributed by atoms with van der Waals surface area (Å²) in [5.41, 5.74) is 6.63. The van der Waals surface area contributed by atoms with Crippen molar-refractivity contribution < 1.29 is 19.1 Å². The van der Waals surface area contributed by atoms with Crippen molar-refractivity contribution in [3.8, 4) is 5.75 Å². The van der Waals surface area contributed by atoms with Crippen molar-refractivity contribution in [1.29, 1.82) is 0 Å². The summed E-state index contributed by atoms with van der Waals surface area (Å²) in [6.45, 7) is 3.00. The number of rotatable bonds is 13. The predicted octanol–water partition coefficient (Wildman–Crippen LogP) is 3.81. The van der Waals surface area contributed by atoms with E-state index < -0.39 is 5.91 Å². The van der Waals surface area contributed by atoms with Crippen molar-refractivity contribution in [3.63, 3.8) is 0 Å². The molecule has 1 fully saturated rings. The summed E-state index contributed by atoms with van der Waals surface area (Å²) >= 11 is 0. The third-order valence-electron chi connectivity index (χ3n) is 7.77. The quantitative estimate of drug-likeness (QED) is 0.212. The number of hydrogen-bond donors (Lipinski definition) is 4. The van der Waals surface area contributed by atoms with E-state index >= 15 is 0 Å². The Bertz CT molecular complexity index is 1660. The number of ether oxygens (including phenoxy) is 1. The highest BCUT2D eigenvalue weighted by Crippen LogP contribution is 2.45. The van der Waals surface area contributed by atoms with E-state index in [1.807, 2.05) is 30.3 Å². The Kier molecular flexibility index (Phi) is 9.71. The maximum absolute atomic E-state index is 13.6. The van der Waals surface area contributed by atoms with E-state index in [0.717, 1.165) is 48.1 Å². The molecule has 0 radical (unpaired) electrons. The van der Waals surface area contributed by atoms with Crippen molar-refractivity contribution in [2.45, 2.75) is 39.2 Å². The van der Waals surface area contributed by atoms with Gasteiger partial charge >= 0.3 is 0 Å². The van der Waals surface area contributed by atoms with Crippen LogP contribution in [-0.2, 0) is 22.6 Å². The Labute approximate surface area is 262 Å². The highest BCUT2D eigenvalue weighted by molar-refractivity contribution is 5.99. The summed E-state index contributed by atoms with van der Waals surface area (Å²) in [5.74, 6) is 0.566. The van der Waals surface area contributed by atoms with Gasteiger partial charge in [-0.05, 0) is 66.2 Å². The predicted molar refractivity (Wildman–Crippen MR) is 172 cm³/mol. The number of hydrogen-bond acceptors (Lipinski definition) is 9. The molecular weight excluding hydrogens is 572 g/mol. The first-order chi connectivity index (χ1) is 21.9. The molecule has 1 aliphatic heterocycles. The highest BCUT2D eigenvalue weighted by atomic mass is 16.5. The van der Waals surface area contributed by atoms with Crippen LogP contribution in [0.5, 0.6) is 5.75 Å². The maximum Gasteiger partial charge on any atom is 0.273 e. The minimum Gasteiger partial charge on any atom is -0.494 e. The van der Waals surface area contributed by atoms with Gasteiger partial charge in [-0.25, -0.2) is 0 Å². The van der Waals surface area contributed by atoms with Gasteiger partial charge < -0.3 is 30.9 Å². The number of likely N-dealkylation sites (N-methyl/N-ethyl adjacent to an activating group) is 1. The number of pyridine rings is 1. The third kappa shape index (κ3) is 7.11. The van der Waals surface area contributed by atoms with Crippen molar-refractivity contribution >= 4 is 41.0 Å². The summed E-state index contributed by atoms with van der Waals surface area (Å²) in [6.07, 6.45) is 8.39. The van der Waals surface area contributed by atoms with Gasteiger partial charge in [-0.3, -0.25) is 19.4 Å². The fourth-order valence-electron chi connectivity index (χ4n) is 5.45. The van der Waals surface area contributed by atoms with Crippen LogP contribution in [0.1, 0.15) is 53.5 Å². The van der Waals surface area contributed by atoms with Crippen molar-refractivity contribution in [1.82, 2.24) is 30.7 Å². The van der Waals surface area contributed by atoms with Gasteiger partial charge in [0.25, 0.3) is 11.8 Å². The number of anilines is 3. The number of aryl methyl sites for hydroxylation is 1. The second kappa shape index (κ2) is 14.0. The zero-order valence-electron chi connectivity index (χ0n) is 25.9. The standard InChI is InChI=1S/C33H38N8O4/c1-5-7-20-12-13-35-22(14-20)18-41(3)33(44)28-15-24(21-10-11-21)25(17-36-28)23-8-6-9-26(31(23)45-4)38-27-16-29(37-19-42)39-40-30(27)32(43)34-2/h6,8-9,12-16,19,21,36H,5,7,10-11,17-18H2,1-4H3,(H,34,43)(H2,37,38,39,42). The fourth-order valence-corrected chi connectivity index (χ4v) is 5.45. The second-order valence-corrected chi connectivity index (χ2v) is 11.0. The fraction of sp³-hybridized carbons (Fsp3) is 0.333. The number of methoxy groups -OCH3 is 1. The monoisotopic (exact) mass is 610 g/mol. The minimum atomic E-state index is -0.440. The molecule has 1 saturated carbocycles. The van der Waals surface area contributed by atoms with Gasteiger partial charge in [-0.2, -0.15) is 0 Å². The normalized spacial score (nSPS) is 14.2. The topological polar surface area (TPSA) is 150 Å². The zero-order valence-corrected chi connectivity index (χ0v) is 25.9. The molecule has 1 aromatic carbocycles. The van der Waals surface area contributed by atoms with Gasteiger partial charge in [0.2, 0.25) is 6.41 Å². The molecular formula is C33H38N8O4. The SMILES string of the molecule is CCCc1ccnc(CN(C)C(=O)C2=CC(C3CC3)=C(c3cccc(Nc4cc(NC=O)nnc4C(=O)NC)c3OC)CN2)c1. The Morgan fingerprint density at radius 1 is 1.16 bits per heavy atom. The summed E-state index contributed by atoms with van der Waals surface area (Å²) in [7, 11) is 4.88. The number of amides is 3. The number of para-hydroxylation sites is 1. The van der Waals surface area contributed by atoms with E-state index in [0.29, 0.717) is 48.2 Å². The van der Waals surface area contributed by atoms with E-state index in [4.69, 9.17) is 4.74 Å². The van der Waals surface area contributed by atoms with Gasteiger partial charge in [0.1, 0.15) is 11.4 Å². The molecule has 2 aromatic heterocycles. The number of aromatic nitrogens is 3. The number of carbonyl (C=O) groups excluding carboxylic acids is 3. The Morgan fingerprint density at radius 3 is 2.69 bits per heavy atom. The van der Waals surface area contributed by atoms with Crippen LogP contribution in [0.3, 0.4) is 0 Å². The third-order valence-corrected chi connectivity index (χ3v) is 7.77. The molecule has 2 aliphatic rings. The molecule has 0 unspecified atom stereocenters. The molecule has 1 aliphatic carbocycles. The molecule has 4 N–H and O–H groups in total. The molecule has 0 atom stereocenters. The van der Waals surface area contributed by atoms with Crippen LogP contribution in [0.15, 0.2) is 59.9 Å². The van der Waals surface area contributed by atoms with Crippen LogP contribution in [0.4, 0.5) is 17.2 Å². The van der Waals surface area contributed by atoms with E-state index in [2.05, 4.69) is 49.4 Å². The van der Waals surface area contributed by atoms with Crippen LogP contribution in [0, 0.1) is 5.92 Å². The molecule has 234 valence electrons. The van der Waals surface area contributed by atoms with Crippen molar-refractivity contribution in [2.24, 2.45) is 5.92 Å². The second-order valence-electron chi connectivity index (χ2n) is 11.0. The molecule has 0 saturated heterocycles. The number of carbonyl (C=O) groups is 3. The smallest absolute Gasteiger partial charge is 0.273 e. The Morgan fingerprint density at radius 2 is 1.98 bits per heavy atom. The summed E-state index contributed by atoms with van der Waals surface area (Å²) in [5, 5.41) is 19.5. The lowest BCUT2D eigenvalue weighted by atomic mass is 9.92. The van der Waals surface area contributed by atoms with Crippen molar-refractivity contribution in [2.75, 3.05) is 38.4 Å². The average Bonchev–Trinajstić information content (AvgIpc) is 3.90. The first-order valence-electron chi connectivity index (χ1n) is 15.0. The summed E-state index contributed by atoms with van der Waals surface area (Å²) in [6, 6.07) is 11.3. The lowest BCUT2D eigenvalue weighted by Crippen LogP contribution is -2.36. The molecule has 3 aromatic rings. The number of benzene rings is 1. The van der Waals surface area contributed by atoms with Crippen LogP contribution in [-0.4, -0.2) is 66.1 Å². The van der Waals surface area contributed by atoms with Crippen LogP contribution < -0.4 is 26.0 Å². The van der Waals surface area contributed by atoms with Gasteiger partial charge in [0, 0.05) is 38.5 Å². The number of nitrogens with zero attached hydrogens (tertiary/aromatic N) is 4. The average molecular weight is 611 g/mol. The molecule has 12 heteroatoms. The highest BCUT2D eigenvalue weighted by Gasteiger charge is 2.32. The Balaban J connectivity index is 1.45. The number of allylic oxidation sites excluding steroid dienone is 2. The number of nitrogens with one attached hydrogen (secondary N) is 4. The van der Waals surface area contributed by atoms with E-state index in [9.17, 15) is 14.4 Å². The summed E-state index contributed by atoms with van der Waals surface area (Å²) in [4.78, 5) is 43.3. The molecule has 5 rings (SSSR count). The first-order valence-corrected chi connectivity index (χ1v) is 15.0. The largest absolute Gasteiger partial charge is 0.494 e. The van der Waals surface area contributed by atoms with Crippen LogP contribution in [0.2, 0.25) is 0 Å². The van der Waals surface area contributed by atoms with Gasteiger partial charge in [-0.15, -0.1) is 10.2 Å². The molecule has 0 spiro atoms. The molecule has 3 heterocycles. The van der Waals surface area contributed by atoms with Gasteiger partial charge in [0.15, 0.2) is 11.5 Å². The maximum atomic E-state index is 13.6. The van der Waals surface area contributed by atoms with E-state index in [1.54, 1.807) is 25.3 Å². The molecule has 3 amide bonds. The van der Waals surface area contributed by atoms with Gasteiger partial charge in [0.05, 0.1) is 30.7 Å². The Hall–Kier alpha value is -5.26. The van der Waals surface area contributed by atoms with E-state index in [1.165, 1.54) is 18.7 Å². The van der Waals surface area contributed by atoms with Crippen LogP contribution in [0.25, 0.3) is 5.57 Å². The van der Waals surface area contributed by atoms with Crippen molar-refractivity contribution in [3.05, 3.63) is 82.5 Å². The minimum absolute atomic E-state index is 0.0566. The zero-order chi connectivity index (χ0) is 31.9. The van der Waals surface area contributed by atoms with E-state index in [-0.39, 0.29) is 17.4 Å². The van der Waals surface area contributed by atoms with Gasteiger partial charge in [-0.1, -0.05) is 25.5 Å². The molecule has 12 nitrogen and oxygen atoms in total. The first kappa shape index (κ1) is 31.2. The lowest BCUT2D eigenvalue weighted by Gasteiger charge is -2.26.